The number of carbonyl (C=O) groups excluding carboxylic acids is 1. The number of aryl methyl sites for hydroxylation is 2. The molecule has 0 radical (unpaired) electrons. The fraction of sp³-hybridized carbons (Fsp3) is 0.296. The first-order valence-electron chi connectivity index (χ1n) is 11.6. The van der Waals surface area contributed by atoms with E-state index in [9.17, 15) is 13.2 Å². The van der Waals surface area contributed by atoms with E-state index in [2.05, 4.69) is 23.5 Å². The molecule has 1 atom stereocenters. The fourth-order valence-corrected chi connectivity index (χ4v) is 5.95. The van der Waals surface area contributed by atoms with Crippen LogP contribution in [0.25, 0.3) is 0 Å². The Morgan fingerprint density at radius 1 is 0.971 bits per heavy atom. The third-order valence-corrected chi connectivity index (χ3v) is 8.29. The van der Waals surface area contributed by atoms with E-state index in [4.69, 9.17) is 11.6 Å². The van der Waals surface area contributed by atoms with Gasteiger partial charge in [0.1, 0.15) is 6.54 Å². The van der Waals surface area contributed by atoms with Crippen LogP contribution < -0.4 is 9.62 Å². The summed E-state index contributed by atoms with van der Waals surface area (Å²) in [6, 6.07) is 20.9. The predicted octanol–water partition coefficient (Wildman–Crippen LogP) is 5.68. The van der Waals surface area contributed by atoms with Gasteiger partial charge in [-0.1, -0.05) is 54.9 Å². The number of sulfonamides is 1. The average Bonchev–Trinajstić information content (AvgIpc) is 2.86. The van der Waals surface area contributed by atoms with E-state index in [1.54, 1.807) is 30.3 Å². The molecule has 1 amide bonds. The highest BCUT2D eigenvalue weighted by Gasteiger charge is 2.28. The number of nitrogens with one attached hydrogen (secondary N) is 1. The Morgan fingerprint density at radius 2 is 1.65 bits per heavy atom. The summed E-state index contributed by atoms with van der Waals surface area (Å²) in [6.45, 7) is 1.69. The standard InChI is InChI=1S/C27H29ClN2O3S/c1-2-26(22-13-12-20-8-6-7-9-21(20)18-22)29-27(31)19-30(24-10-4-3-5-11-24)34(32,33)25-16-14-23(28)15-17-25/h3-5,10-18,26H,2,6-9,19H2,1H3,(H,29,31). The number of anilines is 1. The van der Waals surface area contributed by atoms with Crippen molar-refractivity contribution in [2.24, 2.45) is 0 Å². The molecule has 34 heavy (non-hydrogen) atoms. The molecule has 4 rings (SSSR count). The van der Waals surface area contributed by atoms with Crippen LogP contribution in [0.5, 0.6) is 0 Å². The molecule has 3 aromatic carbocycles. The first-order valence-corrected chi connectivity index (χ1v) is 13.4. The summed E-state index contributed by atoms with van der Waals surface area (Å²) in [7, 11) is -3.97. The van der Waals surface area contributed by atoms with Crippen molar-refractivity contribution in [2.75, 3.05) is 10.8 Å². The van der Waals surface area contributed by atoms with Crippen molar-refractivity contribution >= 4 is 33.2 Å². The maximum atomic E-state index is 13.5. The van der Waals surface area contributed by atoms with Crippen LogP contribution in [0, 0.1) is 0 Å². The number of hydrogen-bond acceptors (Lipinski definition) is 3. The summed E-state index contributed by atoms with van der Waals surface area (Å²) >= 11 is 5.95. The number of benzene rings is 3. The topological polar surface area (TPSA) is 66.5 Å². The summed E-state index contributed by atoms with van der Waals surface area (Å²) in [5.41, 5.74) is 4.23. The van der Waals surface area contributed by atoms with E-state index < -0.39 is 10.0 Å². The lowest BCUT2D eigenvalue weighted by Crippen LogP contribution is -2.42. The lowest BCUT2D eigenvalue weighted by molar-refractivity contribution is -0.120. The second kappa shape index (κ2) is 10.6. The molecule has 5 nitrogen and oxygen atoms in total. The van der Waals surface area contributed by atoms with Gasteiger partial charge in [-0.25, -0.2) is 8.42 Å². The van der Waals surface area contributed by atoms with Crippen LogP contribution in [-0.4, -0.2) is 20.9 Å². The van der Waals surface area contributed by atoms with Gasteiger partial charge in [-0.3, -0.25) is 9.10 Å². The van der Waals surface area contributed by atoms with Crippen LogP contribution in [0.1, 0.15) is 48.9 Å². The zero-order valence-corrected chi connectivity index (χ0v) is 20.8. The van der Waals surface area contributed by atoms with Crippen LogP contribution in [0.2, 0.25) is 5.02 Å². The second-order valence-corrected chi connectivity index (χ2v) is 10.9. The highest BCUT2D eigenvalue weighted by molar-refractivity contribution is 7.92. The van der Waals surface area contributed by atoms with E-state index >= 15 is 0 Å². The van der Waals surface area contributed by atoms with Gasteiger partial charge in [0.05, 0.1) is 16.6 Å². The predicted molar refractivity (Wildman–Crippen MR) is 137 cm³/mol. The SMILES string of the molecule is CCC(NC(=O)CN(c1ccccc1)S(=O)(=O)c1ccc(Cl)cc1)c1ccc2c(c1)CCCC2. The normalized spacial score (nSPS) is 14.2. The lowest BCUT2D eigenvalue weighted by Gasteiger charge is -2.26. The van der Waals surface area contributed by atoms with Crippen molar-refractivity contribution in [3.8, 4) is 0 Å². The number of carbonyl (C=O) groups is 1. The number of nitrogens with zero attached hydrogens (tertiary/aromatic N) is 1. The zero-order chi connectivity index (χ0) is 24.1. The molecular formula is C27H29ClN2O3S. The molecule has 0 spiro atoms. The molecule has 1 aliphatic rings. The van der Waals surface area contributed by atoms with Crippen molar-refractivity contribution < 1.29 is 13.2 Å². The lowest BCUT2D eigenvalue weighted by atomic mass is 9.89. The first-order chi connectivity index (χ1) is 16.4. The Kier molecular flexibility index (Phi) is 7.59. The van der Waals surface area contributed by atoms with Gasteiger partial charge < -0.3 is 5.32 Å². The third-order valence-electron chi connectivity index (χ3n) is 6.25. The minimum Gasteiger partial charge on any atom is -0.348 e. The van der Waals surface area contributed by atoms with Crippen molar-refractivity contribution in [1.82, 2.24) is 5.32 Å². The zero-order valence-electron chi connectivity index (χ0n) is 19.2. The van der Waals surface area contributed by atoms with Gasteiger partial charge in [-0.05, 0) is 85.2 Å². The summed E-state index contributed by atoms with van der Waals surface area (Å²) in [6.07, 6.45) is 5.29. The maximum absolute atomic E-state index is 13.5. The number of hydrogen-bond donors (Lipinski definition) is 1. The van der Waals surface area contributed by atoms with E-state index in [-0.39, 0.29) is 23.4 Å². The van der Waals surface area contributed by atoms with Gasteiger partial charge in [0, 0.05) is 5.02 Å². The van der Waals surface area contributed by atoms with E-state index in [1.807, 2.05) is 6.92 Å². The van der Waals surface area contributed by atoms with Crippen LogP contribution in [0.4, 0.5) is 5.69 Å². The molecule has 7 heteroatoms. The Balaban J connectivity index is 1.57. The summed E-state index contributed by atoms with van der Waals surface area (Å²) in [5.74, 6) is -0.356. The molecule has 1 N–H and O–H groups in total. The Bertz CT molecular complexity index is 1240. The molecule has 1 aliphatic carbocycles. The fourth-order valence-electron chi connectivity index (χ4n) is 4.40. The first kappa shape index (κ1) is 24.3. The minimum atomic E-state index is -3.97. The Labute approximate surface area is 206 Å². The van der Waals surface area contributed by atoms with Gasteiger partial charge in [0.25, 0.3) is 10.0 Å². The van der Waals surface area contributed by atoms with Crippen molar-refractivity contribution in [3.63, 3.8) is 0 Å². The second-order valence-electron chi connectivity index (χ2n) is 8.56. The molecule has 3 aromatic rings. The van der Waals surface area contributed by atoms with E-state index in [1.165, 1.54) is 48.2 Å². The number of rotatable bonds is 8. The molecule has 0 saturated carbocycles. The molecule has 0 bridgehead atoms. The molecule has 0 fully saturated rings. The van der Waals surface area contributed by atoms with Crippen molar-refractivity contribution in [3.05, 3.63) is 94.5 Å². The largest absolute Gasteiger partial charge is 0.348 e. The van der Waals surface area contributed by atoms with E-state index in [0.717, 1.165) is 22.7 Å². The minimum absolute atomic E-state index is 0.0790. The van der Waals surface area contributed by atoms with Gasteiger partial charge in [0.2, 0.25) is 5.91 Å². The van der Waals surface area contributed by atoms with Crippen LogP contribution >= 0.6 is 11.6 Å². The molecule has 178 valence electrons. The molecule has 1 unspecified atom stereocenters. The summed E-state index contributed by atoms with van der Waals surface area (Å²) in [4.78, 5) is 13.2. The number of halogens is 1. The summed E-state index contributed by atoms with van der Waals surface area (Å²) < 4.78 is 28.1. The monoisotopic (exact) mass is 496 g/mol. The summed E-state index contributed by atoms with van der Waals surface area (Å²) in [5, 5.41) is 3.50. The van der Waals surface area contributed by atoms with Crippen molar-refractivity contribution in [1.29, 1.82) is 0 Å². The van der Waals surface area contributed by atoms with Crippen LogP contribution in [0.15, 0.2) is 77.7 Å². The van der Waals surface area contributed by atoms with Gasteiger partial charge in [-0.2, -0.15) is 0 Å². The molecule has 0 heterocycles. The van der Waals surface area contributed by atoms with Crippen molar-refractivity contribution in [2.45, 2.75) is 50.0 Å². The number of para-hydroxylation sites is 1. The highest BCUT2D eigenvalue weighted by Crippen LogP contribution is 2.27. The Morgan fingerprint density at radius 3 is 2.32 bits per heavy atom. The molecule has 0 aromatic heterocycles. The quantitative estimate of drug-likeness (QED) is 0.436. The number of amides is 1. The van der Waals surface area contributed by atoms with Gasteiger partial charge >= 0.3 is 0 Å². The molecular weight excluding hydrogens is 468 g/mol. The highest BCUT2D eigenvalue weighted by atomic mass is 35.5. The number of fused-ring (bicyclic) bond motifs is 1. The van der Waals surface area contributed by atoms with Gasteiger partial charge in [0.15, 0.2) is 0 Å². The van der Waals surface area contributed by atoms with E-state index in [0.29, 0.717) is 17.1 Å². The Hall–Kier alpha value is -2.83. The molecule has 0 saturated heterocycles. The third kappa shape index (κ3) is 5.45. The van der Waals surface area contributed by atoms with Gasteiger partial charge in [-0.15, -0.1) is 0 Å². The van der Waals surface area contributed by atoms with Crippen LogP contribution in [-0.2, 0) is 27.7 Å². The van der Waals surface area contributed by atoms with Crippen LogP contribution in [0.3, 0.4) is 0 Å². The maximum Gasteiger partial charge on any atom is 0.264 e. The average molecular weight is 497 g/mol. The molecule has 0 aliphatic heterocycles. The smallest absolute Gasteiger partial charge is 0.264 e.